The second-order valence-corrected chi connectivity index (χ2v) is 8.92. The van der Waals surface area contributed by atoms with Crippen molar-refractivity contribution in [3.8, 4) is 5.75 Å². The van der Waals surface area contributed by atoms with Crippen molar-refractivity contribution in [2.45, 2.75) is 43.4 Å². The lowest BCUT2D eigenvalue weighted by Crippen LogP contribution is -2.51. The summed E-state index contributed by atoms with van der Waals surface area (Å²) >= 11 is 0. The van der Waals surface area contributed by atoms with Gasteiger partial charge in [0.05, 0.1) is 11.4 Å². The number of ether oxygens (including phenoxy) is 1. The van der Waals surface area contributed by atoms with Crippen LogP contribution in [0.1, 0.15) is 38.2 Å². The minimum absolute atomic E-state index is 0.0938. The molecule has 2 atom stereocenters. The predicted molar refractivity (Wildman–Crippen MR) is 85.7 cm³/mol. The van der Waals surface area contributed by atoms with Crippen LogP contribution in [0.2, 0.25) is 0 Å². The van der Waals surface area contributed by atoms with Gasteiger partial charge in [-0.05, 0) is 51.3 Å². The van der Waals surface area contributed by atoms with Crippen LogP contribution in [-0.4, -0.2) is 39.1 Å². The molecule has 1 aliphatic rings. The van der Waals surface area contributed by atoms with Crippen LogP contribution in [-0.2, 0) is 9.84 Å². The predicted octanol–water partition coefficient (Wildman–Crippen LogP) is 2.35. The molecule has 5 heteroatoms. The van der Waals surface area contributed by atoms with Crippen molar-refractivity contribution >= 4 is 9.84 Å². The fourth-order valence-corrected chi connectivity index (χ4v) is 3.68. The Bertz CT molecular complexity index is 595. The van der Waals surface area contributed by atoms with Gasteiger partial charge < -0.3 is 10.1 Å². The molecular formula is C16H25NO3S. The molecule has 1 aliphatic heterocycles. The van der Waals surface area contributed by atoms with E-state index in [-0.39, 0.29) is 6.04 Å². The summed E-state index contributed by atoms with van der Waals surface area (Å²) in [4.78, 5) is 0. The maximum atomic E-state index is 12.1. The van der Waals surface area contributed by atoms with Crippen LogP contribution >= 0.6 is 0 Å². The smallest absolute Gasteiger partial charge is 0.154 e. The number of hydrogen-bond acceptors (Lipinski definition) is 4. The van der Waals surface area contributed by atoms with E-state index >= 15 is 0 Å². The summed E-state index contributed by atoms with van der Waals surface area (Å²) in [5.74, 6) is 1.26. The molecule has 4 nitrogen and oxygen atoms in total. The van der Waals surface area contributed by atoms with Crippen LogP contribution < -0.4 is 10.1 Å². The molecule has 2 unspecified atom stereocenters. The van der Waals surface area contributed by atoms with Crippen LogP contribution in [0, 0.1) is 0 Å². The highest BCUT2D eigenvalue weighted by Gasteiger charge is 2.40. The van der Waals surface area contributed by atoms with Gasteiger partial charge in [0, 0.05) is 12.3 Å². The molecule has 0 spiro atoms. The number of sulfone groups is 1. The number of para-hydroxylation sites is 1. The van der Waals surface area contributed by atoms with Crippen molar-refractivity contribution in [1.29, 1.82) is 0 Å². The Balaban J connectivity index is 2.25. The SMILES string of the molecule is CNC(CC1CCOc2ccccc21)C(C)(C)S(C)(=O)=O. The van der Waals surface area contributed by atoms with Crippen molar-refractivity contribution in [3.63, 3.8) is 0 Å². The molecule has 0 bridgehead atoms. The maximum absolute atomic E-state index is 12.1. The van der Waals surface area contributed by atoms with Gasteiger partial charge in [0.25, 0.3) is 0 Å². The van der Waals surface area contributed by atoms with Crippen molar-refractivity contribution in [1.82, 2.24) is 5.32 Å². The van der Waals surface area contributed by atoms with Crippen LogP contribution in [0.4, 0.5) is 0 Å². The third-order valence-electron chi connectivity index (χ3n) is 4.75. The van der Waals surface area contributed by atoms with Gasteiger partial charge in [-0.15, -0.1) is 0 Å². The molecule has 118 valence electrons. The summed E-state index contributed by atoms with van der Waals surface area (Å²) in [6.07, 6.45) is 3.03. The quantitative estimate of drug-likeness (QED) is 0.907. The largest absolute Gasteiger partial charge is 0.493 e. The van der Waals surface area contributed by atoms with Gasteiger partial charge in [0.15, 0.2) is 9.84 Å². The van der Waals surface area contributed by atoms with Gasteiger partial charge in [0.1, 0.15) is 5.75 Å². The monoisotopic (exact) mass is 311 g/mol. The minimum Gasteiger partial charge on any atom is -0.493 e. The van der Waals surface area contributed by atoms with E-state index in [0.717, 1.165) is 18.6 Å². The average Bonchev–Trinajstić information content (AvgIpc) is 2.43. The zero-order valence-electron chi connectivity index (χ0n) is 13.2. The van der Waals surface area contributed by atoms with E-state index < -0.39 is 14.6 Å². The lowest BCUT2D eigenvalue weighted by atomic mass is 9.84. The lowest BCUT2D eigenvalue weighted by molar-refractivity contribution is 0.250. The first-order valence-electron chi connectivity index (χ1n) is 7.36. The molecule has 0 saturated carbocycles. The van der Waals surface area contributed by atoms with E-state index in [1.807, 2.05) is 25.2 Å². The molecule has 2 rings (SSSR count). The van der Waals surface area contributed by atoms with Crippen LogP contribution in [0.3, 0.4) is 0 Å². The Morgan fingerprint density at radius 3 is 2.67 bits per heavy atom. The second-order valence-electron chi connectivity index (χ2n) is 6.32. The van der Waals surface area contributed by atoms with Gasteiger partial charge in [0.2, 0.25) is 0 Å². The lowest BCUT2D eigenvalue weighted by Gasteiger charge is -2.36. The van der Waals surface area contributed by atoms with Crippen molar-refractivity contribution in [3.05, 3.63) is 29.8 Å². The third kappa shape index (κ3) is 3.24. The molecule has 0 amide bonds. The molecular weight excluding hydrogens is 286 g/mol. The Labute approximate surface area is 127 Å². The van der Waals surface area contributed by atoms with Gasteiger partial charge in [-0.2, -0.15) is 0 Å². The maximum Gasteiger partial charge on any atom is 0.154 e. The molecule has 1 heterocycles. The zero-order valence-corrected chi connectivity index (χ0v) is 14.0. The second kappa shape index (κ2) is 5.97. The molecule has 0 aromatic heterocycles. The highest BCUT2D eigenvalue weighted by molar-refractivity contribution is 7.92. The Kier molecular flexibility index (Phi) is 4.63. The standard InChI is InChI=1S/C16H25NO3S/c1-16(2,21(4,18)19)15(17-3)11-12-9-10-20-14-8-6-5-7-13(12)14/h5-8,12,15,17H,9-11H2,1-4H3. The van der Waals surface area contributed by atoms with Crippen molar-refractivity contribution < 1.29 is 13.2 Å². The van der Waals surface area contributed by atoms with E-state index in [0.29, 0.717) is 12.5 Å². The highest BCUT2D eigenvalue weighted by atomic mass is 32.2. The molecule has 1 aromatic rings. The van der Waals surface area contributed by atoms with E-state index in [9.17, 15) is 8.42 Å². The van der Waals surface area contributed by atoms with Crippen LogP contribution in [0.5, 0.6) is 5.75 Å². The Hall–Kier alpha value is -1.07. The van der Waals surface area contributed by atoms with E-state index in [4.69, 9.17) is 4.74 Å². The molecule has 1 aromatic carbocycles. The summed E-state index contributed by atoms with van der Waals surface area (Å²) < 4.78 is 29.0. The summed E-state index contributed by atoms with van der Waals surface area (Å²) in [7, 11) is -1.30. The first-order valence-corrected chi connectivity index (χ1v) is 9.25. The van der Waals surface area contributed by atoms with Gasteiger partial charge in [-0.1, -0.05) is 18.2 Å². The van der Waals surface area contributed by atoms with Crippen molar-refractivity contribution in [2.24, 2.45) is 0 Å². The number of benzene rings is 1. The van der Waals surface area contributed by atoms with E-state index in [1.165, 1.54) is 11.8 Å². The molecule has 0 aliphatic carbocycles. The number of rotatable bonds is 5. The third-order valence-corrected chi connectivity index (χ3v) is 6.94. The van der Waals surface area contributed by atoms with Crippen molar-refractivity contribution in [2.75, 3.05) is 19.9 Å². The number of fused-ring (bicyclic) bond motifs is 1. The van der Waals surface area contributed by atoms with Gasteiger partial charge in [-0.25, -0.2) is 8.42 Å². The van der Waals surface area contributed by atoms with E-state index in [1.54, 1.807) is 13.8 Å². The molecule has 1 N–H and O–H groups in total. The molecule has 0 radical (unpaired) electrons. The van der Waals surface area contributed by atoms with Crippen LogP contribution in [0.15, 0.2) is 24.3 Å². The normalized spacial score (nSPS) is 20.5. The fourth-order valence-electron chi connectivity index (χ4n) is 2.95. The minimum atomic E-state index is -3.14. The van der Waals surface area contributed by atoms with E-state index in [2.05, 4.69) is 11.4 Å². The average molecular weight is 311 g/mol. The highest BCUT2D eigenvalue weighted by Crippen LogP contribution is 2.38. The van der Waals surface area contributed by atoms with Gasteiger partial charge >= 0.3 is 0 Å². The zero-order chi connectivity index (χ0) is 15.7. The first kappa shape index (κ1) is 16.3. The van der Waals surface area contributed by atoms with Gasteiger partial charge in [-0.3, -0.25) is 0 Å². The first-order chi connectivity index (χ1) is 9.77. The molecule has 21 heavy (non-hydrogen) atoms. The topological polar surface area (TPSA) is 55.4 Å². The molecule has 0 saturated heterocycles. The Morgan fingerprint density at radius 2 is 2.05 bits per heavy atom. The van der Waals surface area contributed by atoms with Crippen LogP contribution in [0.25, 0.3) is 0 Å². The number of nitrogens with one attached hydrogen (secondary N) is 1. The summed E-state index contributed by atoms with van der Waals surface area (Å²) in [5.41, 5.74) is 1.19. The number of hydrogen-bond donors (Lipinski definition) is 1. The summed E-state index contributed by atoms with van der Waals surface area (Å²) in [6.45, 7) is 4.29. The summed E-state index contributed by atoms with van der Waals surface area (Å²) in [6, 6.07) is 7.95. The summed E-state index contributed by atoms with van der Waals surface area (Å²) in [5, 5.41) is 3.21. The fraction of sp³-hybridized carbons (Fsp3) is 0.625. The Morgan fingerprint density at radius 1 is 1.38 bits per heavy atom. The molecule has 0 fully saturated rings.